The standard InChI is InChI=1S/C19H27N3O3/c1-12(2)13-7-8-15-14(9-13)17(24)18(25)22(15)11-21(6)10-16(23)20-19(3,4)5/h7-9,12H,10-11H2,1-6H3,(H,20,23). The van der Waals surface area contributed by atoms with Crippen molar-refractivity contribution in [3.05, 3.63) is 29.3 Å². The van der Waals surface area contributed by atoms with Crippen LogP contribution in [-0.4, -0.2) is 48.3 Å². The normalized spacial score (nSPS) is 14.5. The van der Waals surface area contributed by atoms with Crippen molar-refractivity contribution in [2.75, 3.05) is 25.2 Å². The number of anilines is 1. The number of ketones is 1. The number of Topliss-reactive ketones (excluding diaryl/α,β-unsaturated/α-hetero) is 1. The first-order valence-corrected chi connectivity index (χ1v) is 8.49. The van der Waals surface area contributed by atoms with Gasteiger partial charge in [-0.1, -0.05) is 19.9 Å². The summed E-state index contributed by atoms with van der Waals surface area (Å²) < 4.78 is 0. The number of fused-ring (bicyclic) bond motifs is 1. The van der Waals surface area contributed by atoms with Crippen LogP contribution in [-0.2, 0) is 9.59 Å². The number of amides is 2. The molecule has 6 nitrogen and oxygen atoms in total. The monoisotopic (exact) mass is 345 g/mol. The molecule has 0 aromatic heterocycles. The summed E-state index contributed by atoms with van der Waals surface area (Å²) in [5.74, 6) is -0.863. The molecule has 0 atom stereocenters. The molecule has 1 aromatic carbocycles. The van der Waals surface area contributed by atoms with Crippen molar-refractivity contribution >= 4 is 23.3 Å². The number of rotatable bonds is 5. The Balaban J connectivity index is 2.12. The molecule has 0 radical (unpaired) electrons. The number of benzene rings is 1. The van der Waals surface area contributed by atoms with E-state index in [9.17, 15) is 14.4 Å². The molecule has 0 saturated carbocycles. The third-order valence-corrected chi connectivity index (χ3v) is 3.97. The van der Waals surface area contributed by atoms with Crippen LogP contribution in [0, 0.1) is 0 Å². The zero-order valence-corrected chi connectivity index (χ0v) is 15.8. The summed E-state index contributed by atoms with van der Waals surface area (Å²) in [6, 6.07) is 5.55. The number of nitrogens with zero attached hydrogens (tertiary/aromatic N) is 2. The summed E-state index contributed by atoms with van der Waals surface area (Å²) in [6.07, 6.45) is 0. The number of carbonyl (C=O) groups is 3. The van der Waals surface area contributed by atoms with Gasteiger partial charge in [0.2, 0.25) is 5.91 Å². The van der Waals surface area contributed by atoms with Gasteiger partial charge in [-0.3, -0.25) is 24.2 Å². The van der Waals surface area contributed by atoms with Crippen molar-refractivity contribution in [1.29, 1.82) is 0 Å². The van der Waals surface area contributed by atoms with Gasteiger partial charge in [0.1, 0.15) is 0 Å². The first-order valence-electron chi connectivity index (χ1n) is 8.49. The molecular formula is C19H27N3O3. The van der Waals surface area contributed by atoms with Crippen LogP contribution in [0.5, 0.6) is 0 Å². The van der Waals surface area contributed by atoms with Crippen LogP contribution in [0.1, 0.15) is 56.5 Å². The lowest BCUT2D eigenvalue weighted by Gasteiger charge is -2.26. The van der Waals surface area contributed by atoms with Crippen molar-refractivity contribution in [2.24, 2.45) is 0 Å². The predicted octanol–water partition coefficient (Wildman–Crippen LogP) is 2.14. The molecule has 0 bridgehead atoms. The largest absolute Gasteiger partial charge is 0.350 e. The van der Waals surface area contributed by atoms with E-state index < -0.39 is 11.7 Å². The molecule has 1 heterocycles. The summed E-state index contributed by atoms with van der Waals surface area (Å²) in [4.78, 5) is 39.8. The minimum atomic E-state index is -0.543. The highest BCUT2D eigenvalue weighted by atomic mass is 16.2. The van der Waals surface area contributed by atoms with Gasteiger partial charge >= 0.3 is 5.91 Å². The second-order valence-corrected chi connectivity index (χ2v) is 7.95. The van der Waals surface area contributed by atoms with E-state index in [2.05, 4.69) is 5.32 Å². The van der Waals surface area contributed by atoms with E-state index in [0.29, 0.717) is 11.3 Å². The van der Waals surface area contributed by atoms with E-state index in [0.717, 1.165) is 5.56 Å². The van der Waals surface area contributed by atoms with Crippen molar-refractivity contribution in [1.82, 2.24) is 10.2 Å². The van der Waals surface area contributed by atoms with Gasteiger partial charge in [-0.2, -0.15) is 0 Å². The van der Waals surface area contributed by atoms with Crippen molar-refractivity contribution in [3.63, 3.8) is 0 Å². The Morgan fingerprint density at radius 3 is 2.44 bits per heavy atom. The molecule has 0 unspecified atom stereocenters. The fourth-order valence-electron chi connectivity index (χ4n) is 2.81. The molecule has 0 aliphatic carbocycles. The Hall–Kier alpha value is -2.21. The Morgan fingerprint density at radius 1 is 1.24 bits per heavy atom. The number of hydrogen-bond donors (Lipinski definition) is 1. The molecule has 136 valence electrons. The SMILES string of the molecule is CC(C)c1ccc2c(c1)C(=O)C(=O)N2CN(C)CC(=O)NC(C)(C)C. The van der Waals surface area contributed by atoms with Gasteiger partial charge in [0, 0.05) is 5.54 Å². The Labute approximate surface area is 149 Å². The van der Waals surface area contributed by atoms with E-state index >= 15 is 0 Å². The molecule has 25 heavy (non-hydrogen) atoms. The fraction of sp³-hybridized carbons (Fsp3) is 0.526. The topological polar surface area (TPSA) is 69.7 Å². The molecule has 2 rings (SSSR count). The highest BCUT2D eigenvalue weighted by Gasteiger charge is 2.36. The first-order chi connectivity index (χ1) is 11.5. The van der Waals surface area contributed by atoms with Gasteiger partial charge in [-0.25, -0.2) is 0 Å². The van der Waals surface area contributed by atoms with Crippen LogP contribution in [0.15, 0.2) is 18.2 Å². The van der Waals surface area contributed by atoms with Crippen LogP contribution < -0.4 is 10.2 Å². The van der Waals surface area contributed by atoms with E-state index in [1.54, 1.807) is 18.0 Å². The third kappa shape index (κ3) is 4.45. The molecule has 0 saturated heterocycles. The number of nitrogens with one attached hydrogen (secondary N) is 1. The maximum atomic E-state index is 12.3. The summed E-state index contributed by atoms with van der Waals surface area (Å²) in [6.45, 7) is 10.2. The van der Waals surface area contributed by atoms with Crippen LogP contribution in [0.4, 0.5) is 5.69 Å². The fourth-order valence-corrected chi connectivity index (χ4v) is 2.81. The summed E-state index contributed by atoms with van der Waals surface area (Å²) >= 11 is 0. The first kappa shape index (κ1) is 19.1. The maximum absolute atomic E-state index is 12.3. The Kier molecular flexibility index (Phi) is 5.32. The van der Waals surface area contributed by atoms with Gasteiger partial charge in [0.25, 0.3) is 5.78 Å². The summed E-state index contributed by atoms with van der Waals surface area (Å²) in [5, 5.41) is 2.88. The summed E-state index contributed by atoms with van der Waals surface area (Å²) in [7, 11) is 1.75. The molecule has 2 amide bonds. The molecule has 0 spiro atoms. The predicted molar refractivity (Wildman–Crippen MR) is 97.7 cm³/mol. The molecule has 1 aliphatic rings. The van der Waals surface area contributed by atoms with Crippen molar-refractivity contribution in [3.8, 4) is 0 Å². The van der Waals surface area contributed by atoms with Crippen LogP contribution in [0.2, 0.25) is 0 Å². The highest BCUT2D eigenvalue weighted by Crippen LogP contribution is 2.31. The lowest BCUT2D eigenvalue weighted by molar-refractivity contribution is -0.123. The number of likely N-dealkylation sites (N-methyl/N-ethyl adjacent to an activating group) is 1. The minimum absolute atomic E-state index is 0.122. The van der Waals surface area contributed by atoms with Gasteiger partial charge in [-0.05, 0) is 51.4 Å². The van der Waals surface area contributed by atoms with Gasteiger partial charge < -0.3 is 5.32 Å². The smallest absolute Gasteiger partial charge is 0.300 e. The third-order valence-electron chi connectivity index (χ3n) is 3.97. The second-order valence-electron chi connectivity index (χ2n) is 7.95. The molecular weight excluding hydrogens is 318 g/mol. The minimum Gasteiger partial charge on any atom is -0.350 e. The zero-order chi connectivity index (χ0) is 18.9. The summed E-state index contributed by atoms with van der Waals surface area (Å²) in [5.41, 5.74) is 1.78. The lowest BCUT2D eigenvalue weighted by atomic mass is 9.99. The average molecular weight is 345 g/mol. The molecule has 6 heteroatoms. The molecule has 1 aromatic rings. The zero-order valence-electron chi connectivity index (χ0n) is 15.8. The second kappa shape index (κ2) is 6.96. The highest BCUT2D eigenvalue weighted by molar-refractivity contribution is 6.52. The van der Waals surface area contributed by atoms with Gasteiger partial charge in [0.15, 0.2) is 0 Å². The van der Waals surface area contributed by atoms with E-state index in [4.69, 9.17) is 0 Å². The Bertz CT molecular complexity index is 704. The maximum Gasteiger partial charge on any atom is 0.300 e. The van der Waals surface area contributed by atoms with E-state index in [1.165, 1.54) is 4.90 Å². The van der Waals surface area contributed by atoms with E-state index in [-0.39, 0.29) is 30.6 Å². The van der Waals surface area contributed by atoms with Gasteiger partial charge in [-0.15, -0.1) is 0 Å². The lowest BCUT2D eigenvalue weighted by Crippen LogP contribution is -2.47. The number of hydrogen-bond acceptors (Lipinski definition) is 4. The van der Waals surface area contributed by atoms with Gasteiger partial charge in [0.05, 0.1) is 24.5 Å². The van der Waals surface area contributed by atoms with Crippen molar-refractivity contribution < 1.29 is 14.4 Å². The molecule has 1 N–H and O–H groups in total. The quantitative estimate of drug-likeness (QED) is 0.830. The number of carbonyl (C=O) groups excluding carboxylic acids is 3. The van der Waals surface area contributed by atoms with Crippen LogP contribution in [0.3, 0.4) is 0 Å². The Morgan fingerprint density at radius 2 is 1.88 bits per heavy atom. The van der Waals surface area contributed by atoms with Crippen LogP contribution >= 0.6 is 0 Å². The van der Waals surface area contributed by atoms with Crippen molar-refractivity contribution in [2.45, 2.75) is 46.1 Å². The van der Waals surface area contributed by atoms with Crippen LogP contribution in [0.25, 0.3) is 0 Å². The van der Waals surface area contributed by atoms with E-state index in [1.807, 2.05) is 46.8 Å². The molecule has 1 aliphatic heterocycles. The average Bonchev–Trinajstić information content (AvgIpc) is 2.69. The molecule has 0 fully saturated rings.